The van der Waals surface area contributed by atoms with E-state index in [0.29, 0.717) is 25.9 Å². The van der Waals surface area contributed by atoms with Crippen LogP contribution in [0.2, 0.25) is 0 Å². The van der Waals surface area contributed by atoms with Gasteiger partial charge in [0.15, 0.2) is 0 Å². The Morgan fingerprint density at radius 3 is 1.05 bits per heavy atom. The Morgan fingerprint density at radius 2 is 0.676 bits per heavy atom. The van der Waals surface area contributed by atoms with Crippen molar-refractivity contribution in [2.75, 3.05) is 13.2 Å². The Labute approximate surface area is 462 Å². The van der Waals surface area contributed by atoms with Crippen LogP contribution in [0.15, 0.2) is 24.3 Å². The van der Waals surface area contributed by atoms with Gasteiger partial charge in [0, 0.05) is 12.8 Å². The van der Waals surface area contributed by atoms with Gasteiger partial charge in [0.25, 0.3) is 0 Å². The van der Waals surface area contributed by atoms with Crippen LogP contribution in [0.1, 0.15) is 373 Å². The molecule has 6 heteroatoms. The molecule has 0 bridgehead atoms. The lowest BCUT2D eigenvalue weighted by Crippen LogP contribution is -2.45. The Balaban J connectivity index is 3.32. The fraction of sp³-hybridized carbons (Fsp3) is 0.912. The highest BCUT2D eigenvalue weighted by Gasteiger charge is 2.20. The molecule has 0 saturated heterocycles. The Bertz CT molecular complexity index is 1150. The van der Waals surface area contributed by atoms with Crippen LogP contribution in [0, 0.1) is 0 Å². The lowest BCUT2D eigenvalue weighted by atomic mass is 10.0. The van der Waals surface area contributed by atoms with Crippen LogP contribution in [0.4, 0.5) is 0 Å². The maximum absolute atomic E-state index is 12.5. The van der Waals surface area contributed by atoms with E-state index in [1.54, 1.807) is 0 Å². The number of esters is 1. The summed E-state index contributed by atoms with van der Waals surface area (Å²) < 4.78 is 5.50. The molecule has 0 spiro atoms. The van der Waals surface area contributed by atoms with E-state index in [1.807, 2.05) is 0 Å². The molecule has 0 aliphatic heterocycles. The number of aliphatic hydroxyl groups excluding tert-OH is 2. The number of hydrogen-bond acceptors (Lipinski definition) is 5. The highest BCUT2D eigenvalue weighted by molar-refractivity contribution is 5.76. The van der Waals surface area contributed by atoms with Crippen LogP contribution in [0.3, 0.4) is 0 Å². The molecule has 0 fully saturated rings. The van der Waals surface area contributed by atoms with Crippen LogP contribution < -0.4 is 5.32 Å². The van der Waals surface area contributed by atoms with E-state index in [-0.39, 0.29) is 18.5 Å². The molecule has 74 heavy (non-hydrogen) atoms. The maximum Gasteiger partial charge on any atom is 0.305 e. The van der Waals surface area contributed by atoms with Crippen LogP contribution >= 0.6 is 0 Å². The van der Waals surface area contributed by atoms with Gasteiger partial charge in [-0.3, -0.25) is 9.59 Å². The predicted molar refractivity (Wildman–Crippen MR) is 324 cm³/mol. The van der Waals surface area contributed by atoms with E-state index < -0.39 is 12.1 Å². The molecule has 6 nitrogen and oxygen atoms in total. The molecule has 0 saturated carbocycles. The lowest BCUT2D eigenvalue weighted by molar-refractivity contribution is -0.143. The number of carbonyl (C=O) groups excluding carboxylic acids is 2. The first kappa shape index (κ1) is 72.3. The standard InChI is InChI=1S/C68H131NO5/c1-3-5-7-9-11-13-15-17-18-31-35-38-42-46-50-54-58-62-68(73)74-63-59-55-51-47-43-39-36-33-30-28-26-24-22-20-19-21-23-25-27-29-32-34-37-41-45-49-53-57-61-67(72)69-65(64-70)66(71)60-56-52-48-44-40-16-14-12-10-8-6-4-2/h11,13,17-18,65-66,70-71H,3-10,12,14-16,19-64H2,1-2H3,(H,69,72)/b13-11-,18-17-. The topological polar surface area (TPSA) is 95.9 Å². The largest absolute Gasteiger partial charge is 0.466 e. The molecule has 0 aromatic heterocycles. The molecule has 3 N–H and O–H groups in total. The minimum Gasteiger partial charge on any atom is -0.466 e. The second-order valence-electron chi connectivity index (χ2n) is 23.2. The Hall–Kier alpha value is -1.66. The second-order valence-corrected chi connectivity index (χ2v) is 23.2. The van der Waals surface area contributed by atoms with E-state index in [1.165, 1.54) is 289 Å². The smallest absolute Gasteiger partial charge is 0.305 e. The summed E-state index contributed by atoms with van der Waals surface area (Å²) in [7, 11) is 0. The minimum absolute atomic E-state index is 0.0115. The first-order valence-corrected chi connectivity index (χ1v) is 33.6. The number of rotatable bonds is 63. The van der Waals surface area contributed by atoms with Crippen LogP contribution in [0.5, 0.6) is 0 Å². The number of allylic oxidation sites excluding steroid dienone is 4. The van der Waals surface area contributed by atoms with Gasteiger partial charge < -0.3 is 20.3 Å². The molecular weight excluding hydrogens is 911 g/mol. The average Bonchev–Trinajstić information content (AvgIpc) is 3.40. The third kappa shape index (κ3) is 59.6. The highest BCUT2D eigenvalue weighted by atomic mass is 16.5. The van der Waals surface area contributed by atoms with Crippen LogP contribution in [-0.4, -0.2) is 47.4 Å². The number of aliphatic hydroxyl groups is 2. The molecule has 438 valence electrons. The Morgan fingerprint density at radius 1 is 0.378 bits per heavy atom. The zero-order valence-corrected chi connectivity index (χ0v) is 50.1. The van der Waals surface area contributed by atoms with Crippen molar-refractivity contribution in [1.29, 1.82) is 0 Å². The molecule has 0 aromatic carbocycles. The zero-order valence-electron chi connectivity index (χ0n) is 50.1. The summed E-state index contributed by atoms with van der Waals surface area (Å²) in [6, 6.07) is -0.537. The van der Waals surface area contributed by atoms with Gasteiger partial charge in [0.1, 0.15) is 0 Å². The summed E-state index contributed by atoms with van der Waals surface area (Å²) in [4.78, 5) is 24.6. The average molecular weight is 1040 g/mol. The van der Waals surface area contributed by atoms with Crippen molar-refractivity contribution in [1.82, 2.24) is 5.32 Å². The van der Waals surface area contributed by atoms with Gasteiger partial charge in [-0.25, -0.2) is 0 Å². The molecule has 0 rings (SSSR count). The van der Waals surface area contributed by atoms with Gasteiger partial charge in [-0.15, -0.1) is 0 Å². The monoisotopic (exact) mass is 1040 g/mol. The van der Waals surface area contributed by atoms with Crippen LogP contribution in [-0.2, 0) is 14.3 Å². The molecular formula is C68H131NO5. The van der Waals surface area contributed by atoms with Gasteiger partial charge in [-0.05, 0) is 57.8 Å². The number of ether oxygens (including phenoxy) is 1. The molecule has 2 atom stereocenters. The second kappa shape index (κ2) is 63.9. The Kier molecular flexibility index (Phi) is 62.4. The van der Waals surface area contributed by atoms with E-state index in [4.69, 9.17) is 4.74 Å². The summed E-state index contributed by atoms with van der Waals surface area (Å²) in [6.45, 7) is 4.95. The minimum atomic E-state index is -0.660. The number of hydrogen-bond donors (Lipinski definition) is 3. The normalized spacial score (nSPS) is 12.6. The summed E-state index contributed by atoms with van der Waals surface area (Å²) in [6.07, 6.45) is 79.3. The summed E-state index contributed by atoms with van der Waals surface area (Å²) in [5, 5.41) is 23.2. The van der Waals surface area contributed by atoms with E-state index >= 15 is 0 Å². The van der Waals surface area contributed by atoms with Crippen molar-refractivity contribution < 1.29 is 24.5 Å². The molecule has 1 amide bonds. The first-order chi connectivity index (χ1) is 36.5. The molecule has 2 unspecified atom stereocenters. The molecule has 0 aliphatic carbocycles. The van der Waals surface area contributed by atoms with Gasteiger partial charge in [0.2, 0.25) is 5.91 Å². The van der Waals surface area contributed by atoms with E-state index in [9.17, 15) is 19.8 Å². The summed E-state index contributed by atoms with van der Waals surface area (Å²) >= 11 is 0. The van der Waals surface area contributed by atoms with Crippen molar-refractivity contribution in [3.8, 4) is 0 Å². The predicted octanol–water partition coefficient (Wildman–Crippen LogP) is 21.4. The maximum atomic E-state index is 12.5. The fourth-order valence-corrected chi connectivity index (χ4v) is 10.6. The SMILES string of the molecule is CCCCC/C=C\C/C=C\CCCCCCCCCC(=O)OCCCCCCCCCCCCCCCCCCCCCCCCCCCCCCC(=O)NC(CO)C(O)CCCCCCCCCCCCCC. The molecule has 0 aromatic rings. The van der Waals surface area contributed by atoms with Crippen molar-refractivity contribution in [2.45, 2.75) is 386 Å². The van der Waals surface area contributed by atoms with Crippen LogP contribution in [0.25, 0.3) is 0 Å². The van der Waals surface area contributed by atoms with E-state index in [2.05, 4.69) is 43.5 Å². The van der Waals surface area contributed by atoms with Gasteiger partial charge in [-0.1, -0.05) is 327 Å². The van der Waals surface area contributed by atoms with Gasteiger partial charge >= 0.3 is 5.97 Å². The van der Waals surface area contributed by atoms with Crippen molar-refractivity contribution in [3.05, 3.63) is 24.3 Å². The first-order valence-electron chi connectivity index (χ1n) is 33.6. The fourth-order valence-electron chi connectivity index (χ4n) is 10.6. The highest BCUT2D eigenvalue weighted by Crippen LogP contribution is 2.19. The van der Waals surface area contributed by atoms with Crippen molar-refractivity contribution >= 4 is 11.9 Å². The zero-order chi connectivity index (χ0) is 53.6. The molecule has 0 heterocycles. The molecule has 0 aliphatic rings. The summed E-state index contributed by atoms with van der Waals surface area (Å²) in [5.41, 5.74) is 0. The quantitative estimate of drug-likeness (QED) is 0.0320. The number of carbonyl (C=O) groups is 2. The number of amides is 1. The van der Waals surface area contributed by atoms with Gasteiger partial charge in [0.05, 0.1) is 25.4 Å². The van der Waals surface area contributed by atoms with E-state index in [0.717, 1.165) is 51.4 Å². The van der Waals surface area contributed by atoms with Crippen molar-refractivity contribution in [2.24, 2.45) is 0 Å². The van der Waals surface area contributed by atoms with Crippen molar-refractivity contribution in [3.63, 3.8) is 0 Å². The summed E-state index contributed by atoms with van der Waals surface area (Å²) in [5.74, 6) is -0.0191. The molecule has 0 radical (unpaired) electrons. The third-order valence-corrected chi connectivity index (χ3v) is 15.8. The number of nitrogens with one attached hydrogen (secondary N) is 1. The third-order valence-electron chi connectivity index (χ3n) is 15.8. The van der Waals surface area contributed by atoms with Gasteiger partial charge in [-0.2, -0.15) is 0 Å². The number of unbranched alkanes of at least 4 members (excludes halogenated alkanes) is 48. The lowest BCUT2D eigenvalue weighted by Gasteiger charge is -2.22.